The SMILES string of the molecule is COc1ccc2c(c1)CC[C@@H]1[C@@H]2CC[C@]2(C)C(=O)C(c3ccccn3)=C(N)C[C@@H]12. The van der Waals surface area contributed by atoms with Crippen LogP contribution < -0.4 is 10.5 Å². The Morgan fingerprint density at radius 1 is 1.21 bits per heavy atom. The molecule has 0 spiro atoms. The van der Waals surface area contributed by atoms with Crippen LogP contribution >= 0.6 is 0 Å². The van der Waals surface area contributed by atoms with E-state index in [2.05, 4.69) is 30.1 Å². The van der Waals surface area contributed by atoms with Crippen LogP contribution in [0.3, 0.4) is 0 Å². The number of Topliss-reactive ketones (excluding diaryl/α,β-unsaturated/α-hetero) is 1. The van der Waals surface area contributed by atoms with Crippen LogP contribution in [0, 0.1) is 17.3 Å². The Morgan fingerprint density at radius 3 is 2.83 bits per heavy atom. The fourth-order valence-electron chi connectivity index (χ4n) is 6.23. The number of methoxy groups -OCH3 is 1. The molecule has 2 N–H and O–H groups in total. The van der Waals surface area contributed by atoms with Gasteiger partial charge in [0.2, 0.25) is 0 Å². The summed E-state index contributed by atoms with van der Waals surface area (Å²) in [4.78, 5) is 18.1. The fourth-order valence-corrected chi connectivity index (χ4v) is 6.23. The van der Waals surface area contributed by atoms with Crippen molar-refractivity contribution in [3.05, 3.63) is 65.1 Å². The van der Waals surface area contributed by atoms with E-state index in [-0.39, 0.29) is 11.2 Å². The molecule has 0 aliphatic heterocycles. The van der Waals surface area contributed by atoms with Gasteiger partial charge in [0.25, 0.3) is 0 Å². The predicted octanol–water partition coefficient (Wildman–Crippen LogP) is 4.50. The maximum atomic E-state index is 13.7. The summed E-state index contributed by atoms with van der Waals surface area (Å²) >= 11 is 0. The lowest BCUT2D eigenvalue weighted by Gasteiger charge is -2.53. The number of benzene rings is 1. The highest BCUT2D eigenvalue weighted by atomic mass is 16.5. The molecular formula is C25H28N2O2. The number of carbonyl (C=O) groups is 1. The van der Waals surface area contributed by atoms with E-state index in [0.717, 1.165) is 49.2 Å². The van der Waals surface area contributed by atoms with Crippen LogP contribution in [0.15, 0.2) is 48.3 Å². The summed E-state index contributed by atoms with van der Waals surface area (Å²) in [6.45, 7) is 2.18. The van der Waals surface area contributed by atoms with Crippen LogP contribution in [0.2, 0.25) is 0 Å². The molecule has 150 valence electrons. The van der Waals surface area contributed by atoms with E-state index in [1.54, 1.807) is 13.3 Å². The highest BCUT2D eigenvalue weighted by Crippen LogP contribution is 2.59. The Labute approximate surface area is 172 Å². The molecule has 1 heterocycles. The number of ether oxygens (including phenoxy) is 1. The number of ketones is 1. The number of aryl methyl sites for hydroxylation is 1. The van der Waals surface area contributed by atoms with Gasteiger partial charge in [-0.15, -0.1) is 0 Å². The molecule has 29 heavy (non-hydrogen) atoms. The molecule has 0 saturated heterocycles. The quantitative estimate of drug-likeness (QED) is 0.823. The molecule has 0 amide bonds. The second-order valence-corrected chi connectivity index (χ2v) is 9.08. The summed E-state index contributed by atoms with van der Waals surface area (Å²) in [5.74, 6) is 2.45. The summed E-state index contributed by atoms with van der Waals surface area (Å²) < 4.78 is 5.43. The summed E-state index contributed by atoms with van der Waals surface area (Å²) in [5, 5.41) is 0. The molecule has 0 bridgehead atoms. The van der Waals surface area contributed by atoms with Crippen molar-refractivity contribution in [3.63, 3.8) is 0 Å². The van der Waals surface area contributed by atoms with Gasteiger partial charge < -0.3 is 10.5 Å². The molecule has 0 unspecified atom stereocenters. The molecule has 1 fully saturated rings. The Bertz CT molecular complexity index is 997. The summed E-state index contributed by atoms with van der Waals surface area (Å²) in [7, 11) is 1.72. The third-order valence-electron chi connectivity index (χ3n) is 7.75. The van der Waals surface area contributed by atoms with Crippen molar-refractivity contribution in [2.45, 2.75) is 44.9 Å². The lowest BCUT2D eigenvalue weighted by Crippen LogP contribution is -2.50. The number of nitrogens with zero attached hydrogens (tertiary/aromatic N) is 1. The molecule has 4 nitrogen and oxygen atoms in total. The number of fused-ring (bicyclic) bond motifs is 5. The Morgan fingerprint density at radius 2 is 2.07 bits per heavy atom. The number of hydrogen-bond acceptors (Lipinski definition) is 4. The number of hydrogen-bond donors (Lipinski definition) is 1. The second-order valence-electron chi connectivity index (χ2n) is 9.08. The van der Waals surface area contributed by atoms with E-state index in [1.165, 1.54) is 11.1 Å². The van der Waals surface area contributed by atoms with Crippen molar-refractivity contribution in [1.29, 1.82) is 0 Å². The Hall–Kier alpha value is -2.62. The number of allylic oxidation sites excluding steroid dienone is 2. The van der Waals surface area contributed by atoms with Crippen molar-refractivity contribution >= 4 is 11.4 Å². The largest absolute Gasteiger partial charge is 0.497 e. The van der Waals surface area contributed by atoms with Gasteiger partial charge in [0.05, 0.1) is 18.4 Å². The average molecular weight is 389 g/mol. The minimum atomic E-state index is -0.346. The van der Waals surface area contributed by atoms with E-state index in [1.807, 2.05) is 18.2 Å². The monoisotopic (exact) mass is 388 g/mol. The molecule has 2 aromatic rings. The number of rotatable bonds is 2. The van der Waals surface area contributed by atoms with Gasteiger partial charge >= 0.3 is 0 Å². The van der Waals surface area contributed by atoms with Gasteiger partial charge in [0.1, 0.15) is 5.75 Å². The van der Waals surface area contributed by atoms with E-state index >= 15 is 0 Å². The standard InChI is InChI=1S/C25H28N2O2/c1-25-11-10-18-17-9-7-16(29-2)13-15(17)6-8-19(18)20(25)14-21(26)23(24(25)28)22-5-3-4-12-27-22/h3-5,7,9,12-13,18-20H,6,8,10-11,14,26H2,1-2H3/t18-,19-,20+,25+/m1/s1. The number of nitrogens with two attached hydrogens (primary N) is 1. The Kier molecular flexibility index (Phi) is 4.27. The van der Waals surface area contributed by atoms with Crippen molar-refractivity contribution in [2.24, 2.45) is 23.0 Å². The van der Waals surface area contributed by atoms with Gasteiger partial charge in [-0.2, -0.15) is 0 Å². The first-order chi connectivity index (χ1) is 14.0. The van der Waals surface area contributed by atoms with Crippen LogP contribution in [0.25, 0.3) is 5.57 Å². The summed E-state index contributed by atoms with van der Waals surface area (Å²) in [6.07, 6.45) is 6.65. The molecule has 4 atom stereocenters. The molecule has 1 aromatic carbocycles. The van der Waals surface area contributed by atoms with Gasteiger partial charge in [-0.25, -0.2) is 0 Å². The van der Waals surface area contributed by atoms with Gasteiger partial charge in [0, 0.05) is 17.3 Å². The lowest BCUT2D eigenvalue weighted by molar-refractivity contribution is -0.130. The zero-order valence-electron chi connectivity index (χ0n) is 17.2. The predicted molar refractivity (Wildman–Crippen MR) is 113 cm³/mol. The zero-order valence-corrected chi connectivity index (χ0v) is 17.2. The molecule has 5 rings (SSSR count). The number of aromatic nitrogens is 1. The third kappa shape index (κ3) is 2.72. The summed E-state index contributed by atoms with van der Waals surface area (Å²) in [5.41, 5.74) is 11.1. The maximum Gasteiger partial charge on any atom is 0.172 e. The van der Waals surface area contributed by atoms with Crippen molar-refractivity contribution < 1.29 is 9.53 Å². The van der Waals surface area contributed by atoms with Crippen LogP contribution in [-0.4, -0.2) is 17.9 Å². The van der Waals surface area contributed by atoms with E-state index in [9.17, 15) is 4.79 Å². The van der Waals surface area contributed by atoms with Crippen LogP contribution in [-0.2, 0) is 11.2 Å². The van der Waals surface area contributed by atoms with Crippen LogP contribution in [0.5, 0.6) is 5.75 Å². The molecule has 1 aromatic heterocycles. The van der Waals surface area contributed by atoms with E-state index in [4.69, 9.17) is 10.5 Å². The lowest BCUT2D eigenvalue weighted by atomic mass is 9.50. The van der Waals surface area contributed by atoms with Gasteiger partial charge in [-0.05, 0) is 85.3 Å². The second kappa shape index (κ2) is 6.72. The topological polar surface area (TPSA) is 65.2 Å². The first-order valence-corrected chi connectivity index (χ1v) is 10.6. The number of carbonyl (C=O) groups excluding carboxylic acids is 1. The highest BCUT2D eigenvalue weighted by molar-refractivity contribution is 6.24. The molecule has 0 radical (unpaired) electrons. The van der Waals surface area contributed by atoms with Crippen LogP contribution in [0.1, 0.15) is 55.3 Å². The van der Waals surface area contributed by atoms with Crippen molar-refractivity contribution in [2.75, 3.05) is 7.11 Å². The maximum absolute atomic E-state index is 13.7. The van der Waals surface area contributed by atoms with Crippen LogP contribution in [0.4, 0.5) is 0 Å². The minimum Gasteiger partial charge on any atom is -0.497 e. The first-order valence-electron chi connectivity index (χ1n) is 10.6. The Balaban J connectivity index is 1.53. The molecule has 3 aliphatic rings. The zero-order chi connectivity index (χ0) is 20.2. The van der Waals surface area contributed by atoms with Gasteiger partial charge in [0.15, 0.2) is 5.78 Å². The molecule has 3 aliphatic carbocycles. The van der Waals surface area contributed by atoms with Crippen molar-refractivity contribution in [3.8, 4) is 5.75 Å². The van der Waals surface area contributed by atoms with Crippen molar-refractivity contribution in [1.82, 2.24) is 4.98 Å². The molecule has 1 saturated carbocycles. The molecule has 4 heteroatoms. The number of pyridine rings is 1. The van der Waals surface area contributed by atoms with E-state index < -0.39 is 0 Å². The van der Waals surface area contributed by atoms with Gasteiger partial charge in [-0.3, -0.25) is 9.78 Å². The van der Waals surface area contributed by atoms with E-state index in [0.29, 0.717) is 23.3 Å². The normalized spacial score (nSPS) is 31.0. The van der Waals surface area contributed by atoms with Gasteiger partial charge in [-0.1, -0.05) is 19.1 Å². The fraction of sp³-hybridized carbons (Fsp3) is 0.440. The summed E-state index contributed by atoms with van der Waals surface area (Å²) in [6, 6.07) is 12.2. The average Bonchev–Trinajstić information content (AvgIpc) is 2.75. The minimum absolute atomic E-state index is 0.198. The smallest absolute Gasteiger partial charge is 0.172 e. The highest BCUT2D eigenvalue weighted by Gasteiger charge is 2.54. The first kappa shape index (κ1) is 18.4. The third-order valence-corrected chi connectivity index (χ3v) is 7.75. The molecular weight excluding hydrogens is 360 g/mol.